The summed E-state index contributed by atoms with van der Waals surface area (Å²) in [6, 6.07) is 10.1. The van der Waals surface area contributed by atoms with Gasteiger partial charge in [0.2, 0.25) is 0 Å². The third-order valence-corrected chi connectivity index (χ3v) is 4.32. The molecule has 0 spiro atoms. The van der Waals surface area contributed by atoms with Crippen molar-refractivity contribution in [3.63, 3.8) is 0 Å². The van der Waals surface area contributed by atoms with Crippen molar-refractivity contribution in [1.82, 2.24) is 0 Å². The van der Waals surface area contributed by atoms with Crippen LogP contribution in [0.1, 0.15) is 39.5 Å². The van der Waals surface area contributed by atoms with Gasteiger partial charge in [0.15, 0.2) is 0 Å². The van der Waals surface area contributed by atoms with Crippen molar-refractivity contribution < 1.29 is 13.9 Å². The Kier molecular flexibility index (Phi) is 6.59. The van der Waals surface area contributed by atoms with Crippen LogP contribution in [0, 0.1) is 17.6 Å². The highest BCUT2D eigenvalue weighted by molar-refractivity contribution is 5.65. The lowest BCUT2D eigenvalue weighted by Gasteiger charge is -2.29. The van der Waals surface area contributed by atoms with Crippen LogP contribution in [0.4, 0.5) is 20.2 Å². The summed E-state index contributed by atoms with van der Waals surface area (Å²) >= 11 is 0. The quantitative estimate of drug-likeness (QED) is 0.638. The molecule has 1 atom stereocenters. The van der Waals surface area contributed by atoms with Gasteiger partial charge < -0.3 is 10.0 Å². The maximum absolute atomic E-state index is 14.3. The van der Waals surface area contributed by atoms with Gasteiger partial charge in [-0.15, -0.1) is 0 Å². The normalized spacial score (nSPS) is 12.2. The van der Waals surface area contributed by atoms with Gasteiger partial charge in [-0.3, -0.25) is 0 Å². The number of hydrogen-bond donors (Lipinski definition) is 1. The zero-order valence-corrected chi connectivity index (χ0v) is 14.3. The van der Waals surface area contributed by atoms with Crippen LogP contribution in [0.2, 0.25) is 0 Å². The Morgan fingerprint density at radius 3 is 2.54 bits per heavy atom. The molecule has 0 aliphatic carbocycles. The molecule has 1 unspecified atom stereocenters. The van der Waals surface area contributed by atoms with Gasteiger partial charge in [-0.05, 0) is 36.6 Å². The lowest BCUT2D eigenvalue weighted by Crippen LogP contribution is -2.26. The largest absolute Gasteiger partial charge is 0.508 e. The monoisotopic (exact) mass is 333 g/mol. The fourth-order valence-electron chi connectivity index (χ4n) is 2.87. The fourth-order valence-corrected chi connectivity index (χ4v) is 2.87. The van der Waals surface area contributed by atoms with Crippen LogP contribution in [0.5, 0.6) is 5.75 Å². The summed E-state index contributed by atoms with van der Waals surface area (Å²) in [6.45, 7) is 4.84. The van der Waals surface area contributed by atoms with Gasteiger partial charge in [0.05, 0.1) is 5.69 Å². The van der Waals surface area contributed by atoms with Gasteiger partial charge in [0, 0.05) is 24.4 Å². The second-order valence-corrected chi connectivity index (χ2v) is 6.14. The summed E-state index contributed by atoms with van der Waals surface area (Å²) in [4.78, 5) is 1.77. The van der Waals surface area contributed by atoms with E-state index in [1.807, 2.05) is 0 Å². The van der Waals surface area contributed by atoms with Gasteiger partial charge in [-0.2, -0.15) is 0 Å². The highest BCUT2D eigenvalue weighted by Crippen LogP contribution is 2.32. The van der Waals surface area contributed by atoms with Gasteiger partial charge in [0.25, 0.3) is 0 Å². The molecule has 2 aromatic rings. The van der Waals surface area contributed by atoms with Gasteiger partial charge in [-0.25, -0.2) is 8.78 Å². The van der Waals surface area contributed by atoms with E-state index in [1.165, 1.54) is 6.07 Å². The maximum atomic E-state index is 14.3. The van der Waals surface area contributed by atoms with E-state index in [0.29, 0.717) is 18.2 Å². The Morgan fingerprint density at radius 2 is 1.88 bits per heavy atom. The molecule has 0 amide bonds. The topological polar surface area (TPSA) is 23.5 Å². The molecule has 0 bridgehead atoms. The average molecular weight is 333 g/mol. The molecule has 1 N–H and O–H groups in total. The molecule has 0 fully saturated rings. The summed E-state index contributed by atoms with van der Waals surface area (Å²) in [7, 11) is 0. The van der Waals surface area contributed by atoms with Gasteiger partial charge in [-0.1, -0.05) is 39.2 Å². The van der Waals surface area contributed by atoms with E-state index >= 15 is 0 Å². The minimum atomic E-state index is -0.474. The number of unbranched alkanes of at least 4 members (excludes halogenated alkanes) is 1. The van der Waals surface area contributed by atoms with E-state index in [4.69, 9.17) is 0 Å². The Hall–Kier alpha value is -2.10. The number of phenolic OH excluding ortho intramolecular Hbond substituents is 1. The Morgan fingerprint density at radius 1 is 1.08 bits per heavy atom. The zero-order valence-electron chi connectivity index (χ0n) is 14.3. The molecule has 130 valence electrons. The van der Waals surface area contributed by atoms with Crippen LogP contribution >= 0.6 is 0 Å². The number of rotatable bonds is 8. The smallest absolute Gasteiger partial charge is 0.147 e. The number of nitrogens with zero attached hydrogens (tertiary/aromatic N) is 1. The Labute approximate surface area is 142 Å². The zero-order chi connectivity index (χ0) is 17.5. The average Bonchev–Trinajstić information content (AvgIpc) is 2.58. The van der Waals surface area contributed by atoms with E-state index in [-0.39, 0.29) is 11.4 Å². The standard InChI is InChI=1S/C20H25F2NO/c1-3-5-7-15(4-2)14-23(17-8-6-9-18(24)13-17)20-12-16(21)10-11-19(20)22/h6,8-13,15,24H,3-5,7,14H2,1-2H3. The lowest BCUT2D eigenvalue weighted by molar-refractivity contribution is 0.455. The minimum absolute atomic E-state index is 0.107. The Bertz CT molecular complexity index is 660. The first kappa shape index (κ1) is 18.2. The van der Waals surface area contributed by atoms with Crippen LogP contribution in [0.15, 0.2) is 42.5 Å². The van der Waals surface area contributed by atoms with Crippen LogP contribution < -0.4 is 4.90 Å². The highest BCUT2D eigenvalue weighted by atomic mass is 19.1. The number of phenols is 1. The Balaban J connectivity index is 2.39. The number of benzene rings is 2. The third kappa shape index (κ3) is 4.70. The number of anilines is 2. The molecule has 0 saturated carbocycles. The summed E-state index contributed by atoms with van der Waals surface area (Å²) < 4.78 is 28.0. The van der Waals surface area contributed by atoms with Crippen molar-refractivity contribution in [2.24, 2.45) is 5.92 Å². The van der Waals surface area contributed by atoms with Crippen LogP contribution in [-0.2, 0) is 0 Å². The molecule has 0 radical (unpaired) electrons. The third-order valence-electron chi connectivity index (χ3n) is 4.32. The lowest BCUT2D eigenvalue weighted by atomic mass is 9.98. The SMILES string of the molecule is CCCCC(CC)CN(c1cccc(O)c1)c1cc(F)ccc1F. The summed E-state index contributed by atoms with van der Waals surface area (Å²) in [5.41, 5.74) is 0.866. The second kappa shape index (κ2) is 8.67. The number of aromatic hydroxyl groups is 1. The molecule has 4 heteroatoms. The van der Waals surface area contributed by atoms with Gasteiger partial charge in [0.1, 0.15) is 17.4 Å². The summed E-state index contributed by atoms with van der Waals surface area (Å²) in [5.74, 6) is -0.464. The van der Waals surface area contributed by atoms with E-state index in [0.717, 1.165) is 37.8 Å². The van der Waals surface area contributed by atoms with Crippen molar-refractivity contribution in [3.8, 4) is 5.75 Å². The number of hydrogen-bond acceptors (Lipinski definition) is 2. The van der Waals surface area contributed by atoms with Crippen molar-refractivity contribution in [1.29, 1.82) is 0 Å². The molecular formula is C20H25F2NO. The van der Waals surface area contributed by atoms with Crippen LogP contribution in [0.25, 0.3) is 0 Å². The minimum Gasteiger partial charge on any atom is -0.508 e. The van der Waals surface area contributed by atoms with E-state index < -0.39 is 11.6 Å². The molecule has 0 aliphatic rings. The first-order valence-electron chi connectivity index (χ1n) is 8.56. The van der Waals surface area contributed by atoms with Crippen molar-refractivity contribution >= 4 is 11.4 Å². The predicted octanol–water partition coefficient (Wildman–Crippen LogP) is 6.02. The fraction of sp³-hybridized carbons (Fsp3) is 0.400. The van der Waals surface area contributed by atoms with E-state index in [1.54, 1.807) is 29.2 Å². The van der Waals surface area contributed by atoms with Crippen molar-refractivity contribution in [2.45, 2.75) is 39.5 Å². The maximum Gasteiger partial charge on any atom is 0.147 e. The first-order valence-corrected chi connectivity index (χ1v) is 8.56. The molecular weight excluding hydrogens is 308 g/mol. The van der Waals surface area contributed by atoms with E-state index in [2.05, 4.69) is 13.8 Å². The molecule has 0 heterocycles. The molecule has 2 rings (SSSR count). The van der Waals surface area contributed by atoms with Crippen LogP contribution in [-0.4, -0.2) is 11.7 Å². The first-order chi connectivity index (χ1) is 11.5. The van der Waals surface area contributed by atoms with Crippen molar-refractivity contribution in [3.05, 3.63) is 54.1 Å². The molecule has 0 saturated heterocycles. The molecule has 0 aliphatic heterocycles. The van der Waals surface area contributed by atoms with E-state index in [9.17, 15) is 13.9 Å². The number of halogens is 2. The molecule has 24 heavy (non-hydrogen) atoms. The molecule has 2 nitrogen and oxygen atoms in total. The second-order valence-electron chi connectivity index (χ2n) is 6.14. The van der Waals surface area contributed by atoms with Crippen LogP contribution in [0.3, 0.4) is 0 Å². The van der Waals surface area contributed by atoms with Gasteiger partial charge >= 0.3 is 0 Å². The highest BCUT2D eigenvalue weighted by Gasteiger charge is 2.19. The molecule has 2 aromatic carbocycles. The van der Waals surface area contributed by atoms with Crippen molar-refractivity contribution in [2.75, 3.05) is 11.4 Å². The summed E-state index contributed by atoms with van der Waals surface area (Å²) in [6.07, 6.45) is 4.22. The molecule has 0 aromatic heterocycles. The summed E-state index contributed by atoms with van der Waals surface area (Å²) in [5, 5.41) is 9.77. The predicted molar refractivity (Wildman–Crippen MR) is 94.8 cm³/mol.